The first-order valence-corrected chi connectivity index (χ1v) is 8.82. The van der Waals surface area contributed by atoms with Crippen molar-refractivity contribution in [2.24, 2.45) is 11.7 Å². The molecule has 1 unspecified atom stereocenters. The van der Waals surface area contributed by atoms with Gasteiger partial charge in [0.25, 0.3) is 0 Å². The van der Waals surface area contributed by atoms with E-state index in [0.717, 1.165) is 44.3 Å². The van der Waals surface area contributed by atoms with E-state index in [1.54, 1.807) is 0 Å². The van der Waals surface area contributed by atoms with Crippen LogP contribution in [0.4, 0.5) is 0 Å². The molecule has 4 nitrogen and oxygen atoms in total. The van der Waals surface area contributed by atoms with Gasteiger partial charge in [0.05, 0.1) is 5.41 Å². The molecule has 2 saturated heterocycles. The Balaban J connectivity index is 0.00000208. The third kappa shape index (κ3) is 3.76. The Morgan fingerprint density at radius 2 is 1.79 bits per heavy atom. The summed E-state index contributed by atoms with van der Waals surface area (Å²) in [5.74, 6) is 0.830. The summed E-state index contributed by atoms with van der Waals surface area (Å²) in [5, 5.41) is 0. The zero-order valence-electron chi connectivity index (χ0n) is 14.4. The highest BCUT2D eigenvalue weighted by Gasteiger charge is 2.44. The van der Waals surface area contributed by atoms with E-state index in [-0.39, 0.29) is 24.4 Å². The summed E-state index contributed by atoms with van der Waals surface area (Å²) in [6, 6.07) is 10.5. The van der Waals surface area contributed by atoms with E-state index in [0.29, 0.717) is 19.1 Å². The number of rotatable bonds is 3. The summed E-state index contributed by atoms with van der Waals surface area (Å²) in [5.41, 5.74) is 6.77. The van der Waals surface area contributed by atoms with Crippen molar-refractivity contribution in [2.75, 3.05) is 26.3 Å². The molecule has 24 heavy (non-hydrogen) atoms. The SMILES string of the molecule is CC(N)C1CCN(C(=O)C2(c3ccccc3)CCOCC2)CC1.Cl. The molecule has 1 aromatic carbocycles. The van der Waals surface area contributed by atoms with Crippen molar-refractivity contribution in [1.29, 1.82) is 0 Å². The Bertz CT molecular complexity index is 521. The van der Waals surface area contributed by atoms with Crippen molar-refractivity contribution < 1.29 is 9.53 Å². The Morgan fingerprint density at radius 3 is 2.33 bits per heavy atom. The zero-order chi connectivity index (χ0) is 16.3. The first kappa shape index (κ1) is 19.2. The van der Waals surface area contributed by atoms with Crippen LogP contribution in [0.2, 0.25) is 0 Å². The molecule has 0 radical (unpaired) electrons. The molecule has 0 aliphatic carbocycles. The minimum atomic E-state index is -0.402. The van der Waals surface area contributed by atoms with Crippen molar-refractivity contribution in [1.82, 2.24) is 4.90 Å². The molecule has 1 atom stereocenters. The topological polar surface area (TPSA) is 55.6 Å². The van der Waals surface area contributed by atoms with E-state index in [1.807, 2.05) is 18.2 Å². The van der Waals surface area contributed by atoms with Crippen molar-refractivity contribution in [3.8, 4) is 0 Å². The molecule has 134 valence electrons. The number of piperidine rings is 1. The molecular formula is C19H29ClN2O2. The number of hydrogen-bond donors (Lipinski definition) is 1. The van der Waals surface area contributed by atoms with Gasteiger partial charge in [-0.15, -0.1) is 12.4 Å². The van der Waals surface area contributed by atoms with Crippen LogP contribution in [-0.2, 0) is 14.9 Å². The quantitative estimate of drug-likeness (QED) is 0.910. The molecule has 0 saturated carbocycles. The van der Waals surface area contributed by atoms with E-state index in [1.165, 1.54) is 0 Å². The van der Waals surface area contributed by atoms with Gasteiger partial charge in [0, 0.05) is 32.3 Å². The van der Waals surface area contributed by atoms with Crippen LogP contribution in [0.15, 0.2) is 30.3 Å². The summed E-state index contributed by atoms with van der Waals surface area (Å²) >= 11 is 0. The van der Waals surface area contributed by atoms with E-state index in [4.69, 9.17) is 10.5 Å². The Kier molecular flexibility index (Phi) is 6.67. The van der Waals surface area contributed by atoms with Crippen LogP contribution in [0.5, 0.6) is 0 Å². The lowest BCUT2D eigenvalue weighted by Crippen LogP contribution is -2.52. The van der Waals surface area contributed by atoms with Crippen LogP contribution in [0.1, 0.15) is 38.2 Å². The Hall–Kier alpha value is -1.10. The third-order valence-corrected chi connectivity index (χ3v) is 5.65. The number of carbonyl (C=O) groups is 1. The number of carbonyl (C=O) groups excluding carboxylic acids is 1. The average Bonchev–Trinajstić information content (AvgIpc) is 2.62. The Morgan fingerprint density at radius 1 is 1.21 bits per heavy atom. The molecule has 3 rings (SSSR count). The van der Waals surface area contributed by atoms with E-state index < -0.39 is 5.41 Å². The largest absolute Gasteiger partial charge is 0.381 e. The van der Waals surface area contributed by atoms with Crippen LogP contribution in [-0.4, -0.2) is 43.2 Å². The Labute approximate surface area is 151 Å². The van der Waals surface area contributed by atoms with Crippen LogP contribution in [0.25, 0.3) is 0 Å². The van der Waals surface area contributed by atoms with Crippen molar-refractivity contribution in [3.63, 3.8) is 0 Å². The van der Waals surface area contributed by atoms with Crippen molar-refractivity contribution >= 4 is 18.3 Å². The fraction of sp³-hybridized carbons (Fsp3) is 0.632. The van der Waals surface area contributed by atoms with Gasteiger partial charge in [-0.25, -0.2) is 0 Å². The smallest absolute Gasteiger partial charge is 0.233 e. The molecule has 1 amide bonds. The van der Waals surface area contributed by atoms with Gasteiger partial charge in [0.1, 0.15) is 0 Å². The predicted octanol–water partition coefficient (Wildman–Crippen LogP) is 2.74. The number of nitrogens with zero attached hydrogens (tertiary/aromatic N) is 1. The number of likely N-dealkylation sites (tertiary alicyclic amines) is 1. The molecule has 0 aromatic heterocycles. The van der Waals surface area contributed by atoms with Gasteiger partial charge in [0.2, 0.25) is 5.91 Å². The van der Waals surface area contributed by atoms with Crippen molar-refractivity contribution in [3.05, 3.63) is 35.9 Å². The molecule has 0 bridgehead atoms. The van der Waals surface area contributed by atoms with Gasteiger partial charge in [0.15, 0.2) is 0 Å². The van der Waals surface area contributed by atoms with E-state index in [9.17, 15) is 4.79 Å². The van der Waals surface area contributed by atoms with Crippen LogP contribution in [0, 0.1) is 5.92 Å². The van der Waals surface area contributed by atoms with E-state index >= 15 is 0 Å². The minimum absolute atomic E-state index is 0. The normalized spacial score (nSPS) is 22.5. The summed E-state index contributed by atoms with van der Waals surface area (Å²) in [6.07, 6.45) is 3.60. The predicted molar refractivity (Wildman–Crippen MR) is 98.4 cm³/mol. The zero-order valence-corrected chi connectivity index (χ0v) is 15.3. The second-order valence-corrected chi connectivity index (χ2v) is 7.05. The van der Waals surface area contributed by atoms with E-state index in [2.05, 4.69) is 24.0 Å². The third-order valence-electron chi connectivity index (χ3n) is 5.65. The van der Waals surface area contributed by atoms with Crippen molar-refractivity contribution in [2.45, 2.75) is 44.1 Å². The second-order valence-electron chi connectivity index (χ2n) is 7.05. The van der Waals surface area contributed by atoms with Crippen LogP contribution < -0.4 is 5.73 Å². The first-order chi connectivity index (χ1) is 11.1. The molecule has 0 spiro atoms. The fourth-order valence-electron chi connectivity index (χ4n) is 4.03. The lowest BCUT2D eigenvalue weighted by Gasteiger charge is -2.42. The molecule has 2 fully saturated rings. The minimum Gasteiger partial charge on any atom is -0.381 e. The number of hydrogen-bond acceptors (Lipinski definition) is 3. The molecule has 5 heteroatoms. The highest BCUT2D eigenvalue weighted by atomic mass is 35.5. The molecular weight excluding hydrogens is 324 g/mol. The maximum Gasteiger partial charge on any atom is 0.233 e. The number of amides is 1. The van der Waals surface area contributed by atoms with Gasteiger partial charge in [-0.2, -0.15) is 0 Å². The highest BCUT2D eigenvalue weighted by Crippen LogP contribution is 2.37. The number of benzene rings is 1. The summed E-state index contributed by atoms with van der Waals surface area (Å²) in [7, 11) is 0. The summed E-state index contributed by atoms with van der Waals surface area (Å²) in [4.78, 5) is 15.5. The molecule has 2 aliphatic rings. The highest BCUT2D eigenvalue weighted by molar-refractivity contribution is 5.88. The maximum atomic E-state index is 13.4. The van der Waals surface area contributed by atoms with Gasteiger partial charge in [-0.3, -0.25) is 4.79 Å². The average molecular weight is 353 g/mol. The summed E-state index contributed by atoms with van der Waals surface area (Å²) < 4.78 is 5.54. The fourth-order valence-corrected chi connectivity index (χ4v) is 4.03. The number of halogens is 1. The molecule has 1 aromatic rings. The number of ether oxygens (including phenoxy) is 1. The standard InChI is InChI=1S/C19H28N2O2.ClH/c1-15(20)16-7-11-21(12-8-16)18(22)19(9-13-23-14-10-19)17-5-3-2-4-6-17;/h2-6,15-16H,7-14,20H2,1H3;1H. The van der Waals surface area contributed by atoms with Gasteiger partial charge in [-0.1, -0.05) is 30.3 Å². The van der Waals surface area contributed by atoms with Gasteiger partial charge >= 0.3 is 0 Å². The molecule has 2 aliphatic heterocycles. The van der Waals surface area contributed by atoms with Gasteiger partial charge < -0.3 is 15.4 Å². The summed E-state index contributed by atoms with van der Waals surface area (Å²) in [6.45, 7) is 5.07. The maximum absolute atomic E-state index is 13.4. The van der Waals surface area contributed by atoms with Gasteiger partial charge in [-0.05, 0) is 44.1 Å². The first-order valence-electron chi connectivity index (χ1n) is 8.82. The lowest BCUT2D eigenvalue weighted by atomic mass is 9.72. The number of nitrogens with two attached hydrogens (primary N) is 1. The second kappa shape index (κ2) is 8.32. The van der Waals surface area contributed by atoms with Crippen LogP contribution >= 0.6 is 12.4 Å². The molecule has 2 heterocycles. The monoisotopic (exact) mass is 352 g/mol. The van der Waals surface area contributed by atoms with Crippen LogP contribution in [0.3, 0.4) is 0 Å². The molecule has 2 N–H and O–H groups in total. The lowest BCUT2D eigenvalue weighted by molar-refractivity contribution is -0.143.